The molecule has 1 aliphatic rings. The number of fused-ring (bicyclic) bond motifs is 1. The zero-order valence-electron chi connectivity index (χ0n) is 13.2. The van der Waals surface area contributed by atoms with Crippen LogP contribution in [0.5, 0.6) is 0 Å². The lowest BCUT2D eigenvalue weighted by Gasteiger charge is -2.26. The van der Waals surface area contributed by atoms with Crippen molar-refractivity contribution in [2.45, 2.75) is 46.2 Å². The van der Waals surface area contributed by atoms with E-state index in [1.54, 1.807) is 22.7 Å². The van der Waals surface area contributed by atoms with Crippen LogP contribution in [0.25, 0.3) is 0 Å². The van der Waals surface area contributed by atoms with Gasteiger partial charge in [0.2, 0.25) is 0 Å². The minimum atomic E-state index is -0.296. The second kappa shape index (κ2) is 7.82. The van der Waals surface area contributed by atoms with Gasteiger partial charge in [0.15, 0.2) is 0 Å². The zero-order chi connectivity index (χ0) is 15.9. The van der Waals surface area contributed by atoms with E-state index in [9.17, 15) is 9.59 Å². The third kappa shape index (κ3) is 3.99. The van der Waals surface area contributed by atoms with Gasteiger partial charge >= 0.3 is 12.1 Å². The van der Waals surface area contributed by atoms with Crippen molar-refractivity contribution in [1.29, 1.82) is 0 Å². The largest absolute Gasteiger partial charge is 0.465 e. The predicted molar refractivity (Wildman–Crippen MR) is 79.2 cm³/mol. The number of carbonyl (C=O) groups is 2. The summed E-state index contributed by atoms with van der Waals surface area (Å²) in [6.07, 6.45) is 3.97. The summed E-state index contributed by atoms with van der Waals surface area (Å²) in [5.41, 5.74) is 1.95. The Balaban J connectivity index is 1.93. The maximum atomic E-state index is 12.0. The molecule has 0 radical (unpaired) electrons. The molecule has 0 spiro atoms. The van der Waals surface area contributed by atoms with Gasteiger partial charge in [0.25, 0.3) is 0 Å². The molecule has 1 amide bonds. The van der Waals surface area contributed by atoms with Crippen molar-refractivity contribution in [3.63, 3.8) is 0 Å². The molecule has 0 fully saturated rings. The zero-order valence-corrected chi connectivity index (χ0v) is 13.2. The molecule has 0 aromatic carbocycles. The first-order valence-corrected chi connectivity index (χ1v) is 7.76. The Bertz CT molecular complexity index is 527. The molecular weight excluding hydrogens is 286 g/mol. The van der Waals surface area contributed by atoms with E-state index >= 15 is 0 Å². The van der Waals surface area contributed by atoms with Gasteiger partial charge in [-0.3, -0.25) is 9.48 Å². The standard InChI is InChI=1S/C15H23N3O4/c1-3-5-8-22-15(20)17-7-6-13-12(10-17)9-16-18(13)11-14(19)21-4-2/h9H,3-8,10-11H2,1-2H3. The lowest BCUT2D eigenvalue weighted by Crippen LogP contribution is -2.37. The second-order valence-electron chi connectivity index (χ2n) is 5.22. The Kier molecular flexibility index (Phi) is 5.80. The molecule has 2 rings (SSSR count). The highest BCUT2D eigenvalue weighted by Gasteiger charge is 2.25. The summed E-state index contributed by atoms with van der Waals surface area (Å²) in [6, 6.07) is 0. The highest BCUT2D eigenvalue weighted by atomic mass is 16.6. The first-order chi connectivity index (χ1) is 10.7. The molecular formula is C15H23N3O4. The van der Waals surface area contributed by atoms with Gasteiger partial charge in [-0.1, -0.05) is 13.3 Å². The predicted octanol–water partition coefficient (Wildman–Crippen LogP) is 1.74. The summed E-state index contributed by atoms with van der Waals surface area (Å²) < 4.78 is 11.8. The van der Waals surface area contributed by atoms with E-state index in [-0.39, 0.29) is 18.6 Å². The molecule has 0 atom stereocenters. The maximum Gasteiger partial charge on any atom is 0.410 e. The molecule has 1 aromatic rings. The van der Waals surface area contributed by atoms with Crippen molar-refractivity contribution < 1.29 is 19.1 Å². The van der Waals surface area contributed by atoms with Gasteiger partial charge in [-0.15, -0.1) is 0 Å². The number of carbonyl (C=O) groups excluding carboxylic acids is 2. The number of nitrogens with zero attached hydrogens (tertiary/aromatic N) is 3. The van der Waals surface area contributed by atoms with E-state index in [0.717, 1.165) is 24.1 Å². The van der Waals surface area contributed by atoms with E-state index in [1.165, 1.54) is 0 Å². The van der Waals surface area contributed by atoms with Gasteiger partial charge in [0, 0.05) is 24.2 Å². The van der Waals surface area contributed by atoms with Crippen molar-refractivity contribution in [3.05, 3.63) is 17.5 Å². The molecule has 0 saturated carbocycles. The average molecular weight is 309 g/mol. The number of ether oxygens (including phenoxy) is 2. The minimum Gasteiger partial charge on any atom is -0.465 e. The van der Waals surface area contributed by atoms with Crippen molar-refractivity contribution in [3.8, 4) is 0 Å². The Morgan fingerprint density at radius 2 is 2.14 bits per heavy atom. The number of rotatable bonds is 6. The van der Waals surface area contributed by atoms with Crippen LogP contribution in [0.1, 0.15) is 37.9 Å². The summed E-state index contributed by atoms with van der Waals surface area (Å²) in [5, 5.41) is 4.23. The SMILES string of the molecule is CCCCOC(=O)N1CCc2c(cnn2CC(=O)OCC)C1. The molecule has 1 aliphatic heterocycles. The van der Waals surface area contributed by atoms with Crippen LogP contribution in [-0.2, 0) is 33.8 Å². The number of hydrogen-bond donors (Lipinski definition) is 0. The molecule has 122 valence electrons. The van der Waals surface area contributed by atoms with E-state index in [2.05, 4.69) is 12.0 Å². The number of amides is 1. The van der Waals surface area contributed by atoms with E-state index in [1.807, 2.05) is 0 Å². The second-order valence-corrected chi connectivity index (χ2v) is 5.22. The highest BCUT2D eigenvalue weighted by molar-refractivity contribution is 5.69. The molecule has 7 heteroatoms. The molecule has 0 unspecified atom stereocenters. The topological polar surface area (TPSA) is 73.7 Å². The fraction of sp³-hybridized carbons (Fsp3) is 0.667. The van der Waals surface area contributed by atoms with Gasteiger partial charge in [-0.05, 0) is 13.3 Å². The number of esters is 1. The van der Waals surface area contributed by atoms with Crippen LogP contribution >= 0.6 is 0 Å². The molecule has 2 heterocycles. The van der Waals surface area contributed by atoms with Crippen LogP contribution in [0.2, 0.25) is 0 Å². The Morgan fingerprint density at radius 1 is 1.32 bits per heavy atom. The fourth-order valence-electron chi connectivity index (χ4n) is 2.41. The Morgan fingerprint density at radius 3 is 2.86 bits per heavy atom. The fourth-order valence-corrected chi connectivity index (χ4v) is 2.41. The molecule has 1 aromatic heterocycles. The van der Waals surface area contributed by atoms with Crippen LogP contribution < -0.4 is 0 Å². The van der Waals surface area contributed by atoms with Crippen molar-refractivity contribution in [1.82, 2.24) is 14.7 Å². The minimum absolute atomic E-state index is 0.115. The van der Waals surface area contributed by atoms with Gasteiger partial charge in [-0.2, -0.15) is 5.10 Å². The number of unbranched alkanes of at least 4 members (excludes halogenated alkanes) is 1. The van der Waals surface area contributed by atoms with Crippen LogP contribution in [0.3, 0.4) is 0 Å². The molecule has 0 aliphatic carbocycles. The maximum absolute atomic E-state index is 12.0. The van der Waals surface area contributed by atoms with Crippen LogP contribution in [-0.4, -0.2) is 46.5 Å². The van der Waals surface area contributed by atoms with Crippen LogP contribution in [0, 0.1) is 0 Å². The lowest BCUT2D eigenvalue weighted by atomic mass is 10.1. The summed E-state index contributed by atoms with van der Waals surface area (Å²) in [5.74, 6) is -0.296. The quantitative estimate of drug-likeness (QED) is 0.591. The summed E-state index contributed by atoms with van der Waals surface area (Å²) in [6.45, 7) is 5.82. The molecule has 0 N–H and O–H groups in total. The lowest BCUT2D eigenvalue weighted by molar-refractivity contribution is -0.144. The first-order valence-electron chi connectivity index (χ1n) is 7.76. The third-order valence-electron chi connectivity index (χ3n) is 3.58. The Hall–Kier alpha value is -2.05. The summed E-state index contributed by atoms with van der Waals surface area (Å²) in [7, 11) is 0. The van der Waals surface area contributed by atoms with Gasteiger partial charge in [0.1, 0.15) is 6.54 Å². The van der Waals surface area contributed by atoms with Crippen LogP contribution in [0.4, 0.5) is 4.79 Å². The van der Waals surface area contributed by atoms with Gasteiger partial charge in [-0.25, -0.2) is 4.79 Å². The smallest absolute Gasteiger partial charge is 0.410 e. The van der Waals surface area contributed by atoms with E-state index in [4.69, 9.17) is 9.47 Å². The molecule has 0 saturated heterocycles. The monoisotopic (exact) mass is 309 g/mol. The van der Waals surface area contributed by atoms with Crippen LogP contribution in [0.15, 0.2) is 6.20 Å². The van der Waals surface area contributed by atoms with E-state index < -0.39 is 0 Å². The summed E-state index contributed by atoms with van der Waals surface area (Å²) >= 11 is 0. The number of aromatic nitrogens is 2. The third-order valence-corrected chi connectivity index (χ3v) is 3.58. The molecule has 22 heavy (non-hydrogen) atoms. The van der Waals surface area contributed by atoms with Crippen molar-refractivity contribution in [2.75, 3.05) is 19.8 Å². The Labute approximate surface area is 130 Å². The average Bonchev–Trinajstić information content (AvgIpc) is 2.90. The van der Waals surface area contributed by atoms with Gasteiger partial charge in [0.05, 0.1) is 26.0 Å². The van der Waals surface area contributed by atoms with Gasteiger partial charge < -0.3 is 14.4 Å². The number of hydrogen-bond acceptors (Lipinski definition) is 5. The van der Waals surface area contributed by atoms with E-state index in [0.29, 0.717) is 32.7 Å². The van der Waals surface area contributed by atoms with Crippen molar-refractivity contribution >= 4 is 12.1 Å². The highest BCUT2D eigenvalue weighted by Crippen LogP contribution is 2.19. The first kappa shape index (κ1) is 16.3. The summed E-state index contributed by atoms with van der Waals surface area (Å²) in [4.78, 5) is 25.2. The molecule has 0 bridgehead atoms. The molecule has 7 nitrogen and oxygen atoms in total. The normalized spacial score (nSPS) is 13.6. The van der Waals surface area contributed by atoms with Crippen molar-refractivity contribution in [2.24, 2.45) is 0 Å².